The number of carbonyl (C=O) groups excluding carboxylic acids is 2. The molecule has 1 fully saturated rings. The van der Waals surface area contributed by atoms with Gasteiger partial charge in [-0.1, -0.05) is 23.2 Å². The predicted molar refractivity (Wildman–Crippen MR) is 70.9 cm³/mol. The van der Waals surface area contributed by atoms with Gasteiger partial charge in [0, 0.05) is 12.2 Å². The van der Waals surface area contributed by atoms with Crippen molar-refractivity contribution in [1.82, 2.24) is 0 Å². The molecule has 0 aliphatic carbocycles. The van der Waals surface area contributed by atoms with Crippen molar-refractivity contribution in [2.24, 2.45) is 5.92 Å². The van der Waals surface area contributed by atoms with Gasteiger partial charge in [-0.2, -0.15) is 12.6 Å². The number of rotatable bonds is 2. The summed E-state index contributed by atoms with van der Waals surface area (Å²) in [7, 11) is 0. The Hall–Kier alpha value is -0.710. The first-order chi connectivity index (χ1) is 8.04. The van der Waals surface area contributed by atoms with Crippen LogP contribution >= 0.6 is 35.8 Å². The Kier molecular flexibility index (Phi) is 3.66. The number of anilines is 1. The van der Waals surface area contributed by atoms with Gasteiger partial charge in [0.1, 0.15) is 0 Å². The highest BCUT2D eigenvalue weighted by molar-refractivity contribution is 7.80. The molecule has 0 radical (unpaired) electrons. The van der Waals surface area contributed by atoms with Gasteiger partial charge in [0.15, 0.2) is 0 Å². The molecule has 0 spiro atoms. The predicted octanol–water partition coefficient (Wildman–Crippen LogP) is 2.80. The van der Waals surface area contributed by atoms with E-state index in [1.807, 2.05) is 0 Å². The third kappa shape index (κ3) is 2.30. The molecular formula is C11H9Cl2NO2S. The summed E-state index contributed by atoms with van der Waals surface area (Å²) in [5.41, 5.74) is 0.457. The molecule has 1 unspecified atom stereocenters. The molecule has 1 atom stereocenters. The number of hydrogen-bond acceptors (Lipinski definition) is 3. The Morgan fingerprint density at radius 3 is 2.53 bits per heavy atom. The fourth-order valence-corrected chi connectivity index (χ4v) is 2.31. The molecule has 1 saturated heterocycles. The van der Waals surface area contributed by atoms with E-state index in [0.29, 0.717) is 21.5 Å². The van der Waals surface area contributed by atoms with E-state index < -0.39 is 0 Å². The Balaban J connectivity index is 2.36. The van der Waals surface area contributed by atoms with Gasteiger partial charge in [-0.05, 0) is 18.2 Å². The Labute approximate surface area is 114 Å². The lowest BCUT2D eigenvalue weighted by Crippen LogP contribution is -2.30. The molecule has 2 amide bonds. The number of thiol groups is 1. The van der Waals surface area contributed by atoms with Gasteiger partial charge in [0.2, 0.25) is 11.8 Å². The lowest BCUT2D eigenvalue weighted by atomic mass is 10.1. The maximum Gasteiger partial charge on any atom is 0.238 e. The van der Waals surface area contributed by atoms with E-state index in [1.54, 1.807) is 12.1 Å². The van der Waals surface area contributed by atoms with Gasteiger partial charge in [0.05, 0.1) is 21.7 Å². The van der Waals surface area contributed by atoms with Gasteiger partial charge in [-0.15, -0.1) is 0 Å². The topological polar surface area (TPSA) is 37.4 Å². The molecule has 3 nitrogen and oxygen atoms in total. The summed E-state index contributed by atoms with van der Waals surface area (Å²) in [6, 6.07) is 4.68. The molecule has 17 heavy (non-hydrogen) atoms. The van der Waals surface area contributed by atoms with Crippen molar-refractivity contribution in [2.75, 3.05) is 10.7 Å². The van der Waals surface area contributed by atoms with Crippen LogP contribution in [0.15, 0.2) is 18.2 Å². The lowest BCUT2D eigenvalue weighted by Gasteiger charge is -2.15. The number of carbonyl (C=O) groups is 2. The zero-order chi connectivity index (χ0) is 12.6. The normalized spacial score (nSPS) is 20.2. The number of hydrogen-bond donors (Lipinski definition) is 1. The van der Waals surface area contributed by atoms with Gasteiger partial charge < -0.3 is 0 Å². The van der Waals surface area contributed by atoms with Crippen molar-refractivity contribution in [3.05, 3.63) is 28.2 Å². The van der Waals surface area contributed by atoms with Gasteiger partial charge in [0.25, 0.3) is 0 Å². The number of benzene rings is 1. The lowest BCUT2D eigenvalue weighted by molar-refractivity contribution is -0.122. The smallest absolute Gasteiger partial charge is 0.238 e. The van der Waals surface area contributed by atoms with Crippen molar-refractivity contribution in [3.63, 3.8) is 0 Å². The zero-order valence-electron chi connectivity index (χ0n) is 8.69. The molecule has 90 valence electrons. The minimum atomic E-state index is -0.347. The van der Waals surface area contributed by atoms with Gasteiger partial charge >= 0.3 is 0 Å². The summed E-state index contributed by atoms with van der Waals surface area (Å²) in [5.74, 6) is -0.446. The van der Waals surface area contributed by atoms with Crippen LogP contribution in [-0.2, 0) is 9.59 Å². The second kappa shape index (κ2) is 4.88. The first-order valence-corrected chi connectivity index (χ1v) is 6.36. The van der Waals surface area contributed by atoms with E-state index in [4.69, 9.17) is 23.2 Å². The number of halogens is 2. The van der Waals surface area contributed by atoms with Crippen molar-refractivity contribution in [1.29, 1.82) is 0 Å². The fraction of sp³-hybridized carbons (Fsp3) is 0.273. The number of imide groups is 1. The van der Waals surface area contributed by atoms with E-state index >= 15 is 0 Å². The van der Waals surface area contributed by atoms with Crippen LogP contribution in [0.4, 0.5) is 5.69 Å². The highest BCUT2D eigenvalue weighted by Crippen LogP contribution is 2.31. The molecule has 0 aromatic heterocycles. The summed E-state index contributed by atoms with van der Waals surface area (Å²) in [4.78, 5) is 24.8. The maximum atomic E-state index is 11.9. The summed E-state index contributed by atoms with van der Waals surface area (Å²) < 4.78 is 0. The highest BCUT2D eigenvalue weighted by Gasteiger charge is 2.38. The van der Waals surface area contributed by atoms with Crippen LogP contribution in [0, 0.1) is 5.92 Å². The van der Waals surface area contributed by atoms with Crippen molar-refractivity contribution < 1.29 is 9.59 Å². The van der Waals surface area contributed by atoms with Gasteiger partial charge in [-0.3, -0.25) is 14.5 Å². The highest BCUT2D eigenvalue weighted by atomic mass is 35.5. The molecule has 1 heterocycles. The van der Waals surface area contributed by atoms with Gasteiger partial charge in [-0.25, -0.2) is 0 Å². The van der Waals surface area contributed by atoms with E-state index in [2.05, 4.69) is 12.6 Å². The first kappa shape index (κ1) is 12.7. The van der Waals surface area contributed by atoms with Crippen molar-refractivity contribution in [3.8, 4) is 0 Å². The van der Waals surface area contributed by atoms with Crippen molar-refractivity contribution in [2.45, 2.75) is 6.42 Å². The van der Waals surface area contributed by atoms with E-state index in [0.717, 1.165) is 4.90 Å². The molecule has 0 saturated carbocycles. The van der Waals surface area contributed by atoms with E-state index in [-0.39, 0.29) is 24.2 Å². The average Bonchev–Trinajstić information content (AvgIpc) is 2.58. The largest absolute Gasteiger partial charge is 0.274 e. The molecular weight excluding hydrogens is 281 g/mol. The molecule has 0 bridgehead atoms. The minimum Gasteiger partial charge on any atom is -0.274 e. The molecule has 6 heteroatoms. The van der Waals surface area contributed by atoms with Crippen LogP contribution in [-0.4, -0.2) is 17.6 Å². The van der Waals surface area contributed by atoms with E-state index in [9.17, 15) is 9.59 Å². The van der Waals surface area contributed by atoms with Crippen molar-refractivity contribution >= 4 is 53.3 Å². The molecule has 2 rings (SSSR count). The second-order valence-electron chi connectivity index (χ2n) is 3.75. The maximum absolute atomic E-state index is 11.9. The minimum absolute atomic E-state index is 0.197. The SMILES string of the molecule is O=C1CC(CS)C(=O)N1c1ccc(Cl)c(Cl)c1. The molecule has 1 aromatic rings. The monoisotopic (exact) mass is 289 g/mol. The Bertz CT molecular complexity index is 492. The Morgan fingerprint density at radius 2 is 2.00 bits per heavy atom. The third-order valence-electron chi connectivity index (χ3n) is 2.62. The van der Waals surface area contributed by atoms with Crippen LogP contribution in [0.25, 0.3) is 0 Å². The molecule has 1 aliphatic rings. The zero-order valence-corrected chi connectivity index (χ0v) is 11.1. The van der Waals surface area contributed by atoms with Crippen LogP contribution in [0.5, 0.6) is 0 Å². The first-order valence-electron chi connectivity index (χ1n) is 4.97. The van der Waals surface area contributed by atoms with Crippen LogP contribution in [0.3, 0.4) is 0 Å². The number of amides is 2. The van der Waals surface area contributed by atoms with Crippen LogP contribution in [0.1, 0.15) is 6.42 Å². The quantitative estimate of drug-likeness (QED) is 0.672. The molecule has 0 N–H and O–H groups in total. The fourth-order valence-electron chi connectivity index (χ4n) is 1.73. The summed E-state index contributed by atoms with van der Waals surface area (Å²) in [6.45, 7) is 0. The summed E-state index contributed by atoms with van der Waals surface area (Å²) in [6.07, 6.45) is 0.197. The number of nitrogens with zero attached hydrogens (tertiary/aromatic N) is 1. The second-order valence-corrected chi connectivity index (χ2v) is 4.93. The summed E-state index contributed by atoms with van der Waals surface area (Å²) >= 11 is 15.7. The molecule has 1 aliphatic heterocycles. The molecule has 1 aromatic carbocycles. The van der Waals surface area contributed by atoms with Crippen LogP contribution in [0.2, 0.25) is 10.0 Å². The Morgan fingerprint density at radius 1 is 1.29 bits per heavy atom. The average molecular weight is 290 g/mol. The summed E-state index contributed by atoms with van der Waals surface area (Å²) in [5, 5.41) is 0.708. The standard InChI is InChI=1S/C11H9Cl2NO2S/c12-8-2-1-7(4-9(8)13)14-10(15)3-6(5-17)11(14)16/h1-2,4,6,17H,3,5H2. The van der Waals surface area contributed by atoms with Crippen LogP contribution < -0.4 is 4.90 Å². The third-order valence-corrected chi connectivity index (χ3v) is 3.80. The van der Waals surface area contributed by atoms with E-state index in [1.165, 1.54) is 6.07 Å².